The van der Waals surface area contributed by atoms with Gasteiger partial charge in [0.05, 0.1) is 27.4 Å². The molecule has 3 rings (SSSR count). The van der Waals surface area contributed by atoms with Gasteiger partial charge in [0.1, 0.15) is 42.0 Å². The molecule has 29 heteroatoms. The Labute approximate surface area is 330 Å². The Morgan fingerprint density at radius 3 is 2.29 bits per heavy atom. The Morgan fingerprint density at radius 1 is 0.983 bits per heavy atom. The zero-order valence-electron chi connectivity index (χ0n) is 31.4. The van der Waals surface area contributed by atoms with Crippen LogP contribution in [0.4, 0.5) is 5.82 Å². The van der Waals surface area contributed by atoms with Crippen LogP contribution in [0.15, 0.2) is 12.7 Å². The topological polar surface area (TPSA) is 415 Å². The fourth-order valence-electron chi connectivity index (χ4n) is 5.52. The molecule has 1 saturated heterocycles. The lowest BCUT2D eigenvalue weighted by Gasteiger charge is -2.36. The van der Waals surface area contributed by atoms with E-state index < -0.39 is 90.3 Å². The smallest absolute Gasteiger partial charge is 0.274 e. The van der Waals surface area contributed by atoms with E-state index in [0.717, 1.165) is 17.2 Å². The van der Waals surface area contributed by atoms with Crippen molar-refractivity contribution < 1.29 is 90.7 Å². The fourth-order valence-corrected chi connectivity index (χ4v) is 8.25. The molecule has 7 unspecified atom stereocenters. The van der Waals surface area contributed by atoms with E-state index in [1.807, 2.05) is 0 Å². The highest BCUT2D eigenvalue weighted by Gasteiger charge is 2.55. The number of anilines is 1. The third-order valence-corrected chi connectivity index (χ3v) is 11.7. The second-order valence-corrected chi connectivity index (χ2v) is 18.0. The number of nitrogens with one attached hydrogen (secondary N) is 2. The average molecular weight is 890 g/mol. The van der Waals surface area contributed by atoms with Crippen molar-refractivity contribution in [3.8, 4) is 0 Å². The molecule has 2 aromatic heterocycles. The fraction of sp³-hybridized carbons (Fsp3) is 0.724. The van der Waals surface area contributed by atoms with Gasteiger partial charge >= 0.3 is 0 Å². The maximum atomic E-state index is 12.6. The van der Waals surface area contributed by atoms with Crippen molar-refractivity contribution in [2.24, 2.45) is 5.41 Å². The van der Waals surface area contributed by atoms with Crippen LogP contribution in [0.25, 0.3) is 11.2 Å². The Balaban J connectivity index is 1.49. The van der Waals surface area contributed by atoms with Gasteiger partial charge in [-0.2, -0.15) is 0 Å². The number of rotatable bonds is 25. The van der Waals surface area contributed by atoms with Gasteiger partial charge in [0, 0.05) is 37.8 Å². The number of phosphoric ester groups is 3. The Kier molecular flexibility index (Phi) is 17.6. The number of nitrogen functional groups attached to an aromatic ring is 1. The first-order valence-corrected chi connectivity index (χ1v) is 21.9. The number of nitrogens with zero attached hydrogens (tertiary/aromatic N) is 4. The predicted octanol–water partition coefficient (Wildman–Crippen LogP) is -3.73. The first-order valence-electron chi connectivity index (χ1n) is 17.5. The SMILES string of the molecule is CC(C)(COP(=O)([O-])OP(=O)([O-])OCC1OC(C)(n2cnc3c(N)ncnc32)C(O)C1OP(=O)([O-])[O-])C(O)C(=O)NCCC(=O)NCCC(=O)CCCCCC(O)O. The van der Waals surface area contributed by atoms with Crippen LogP contribution in [-0.2, 0) is 56.4 Å². The van der Waals surface area contributed by atoms with Gasteiger partial charge in [-0.25, -0.2) is 19.3 Å². The number of imidazole rings is 1. The predicted molar refractivity (Wildman–Crippen MR) is 186 cm³/mol. The van der Waals surface area contributed by atoms with Gasteiger partial charge in [-0.3, -0.25) is 28.1 Å². The summed E-state index contributed by atoms with van der Waals surface area (Å²) in [4.78, 5) is 96.4. The van der Waals surface area contributed by atoms with Crippen molar-refractivity contribution in [2.75, 3.05) is 32.0 Å². The van der Waals surface area contributed by atoms with E-state index in [2.05, 4.69) is 43.5 Å². The number of Topliss-reactive ketones (excluding diaryl/α,β-unsaturated/α-hetero) is 1. The van der Waals surface area contributed by atoms with Crippen LogP contribution in [0, 0.1) is 5.41 Å². The lowest BCUT2D eigenvalue weighted by atomic mass is 9.87. The minimum absolute atomic E-state index is 0.0279. The summed E-state index contributed by atoms with van der Waals surface area (Å²) >= 11 is 0. The number of amides is 2. The van der Waals surface area contributed by atoms with Gasteiger partial charge in [0.25, 0.3) is 15.6 Å². The average Bonchev–Trinajstić information content (AvgIpc) is 3.65. The van der Waals surface area contributed by atoms with Crippen LogP contribution in [-0.4, -0.2) is 115 Å². The molecule has 0 spiro atoms. The maximum absolute atomic E-state index is 12.6. The molecule has 26 nitrogen and oxygen atoms in total. The van der Waals surface area contributed by atoms with E-state index in [-0.39, 0.29) is 61.5 Å². The Bertz CT molecular complexity index is 1880. The highest BCUT2D eigenvalue weighted by molar-refractivity contribution is 7.59. The van der Waals surface area contributed by atoms with E-state index in [0.29, 0.717) is 19.3 Å². The third kappa shape index (κ3) is 14.7. The number of ether oxygens (including phenoxy) is 1. The van der Waals surface area contributed by atoms with Crippen LogP contribution < -0.4 is 35.9 Å². The van der Waals surface area contributed by atoms with Crippen LogP contribution in [0.5, 0.6) is 0 Å². The molecule has 7 atom stereocenters. The monoisotopic (exact) mass is 889 g/mol. The van der Waals surface area contributed by atoms with Crippen molar-refractivity contribution >= 4 is 58.0 Å². The molecule has 8 N–H and O–H groups in total. The van der Waals surface area contributed by atoms with Gasteiger partial charge in [-0.05, 0) is 26.2 Å². The molecule has 330 valence electrons. The summed E-state index contributed by atoms with van der Waals surface area (Å²) in [6, 6.07) is 0. The summed E-state index contributed by atoms with van der Waals surface area (Å²) in [6.07, 6.45) is -5.30. The number of hydrogen-bond donors (Lipinski definition) is 7. The lowest BCUT2D eigenvalue weighted by Crippen LogP contribution is -2.46. The van der Waals surface area contributed by atoms with Crippen molar-refractivity contribution in [2.45, 2.75) is 102 Å². The molecule has 1 fully saturated rings. The van der Waals surface area contributed by atoms with Crippen molar-refractivity contribution in [1.82, 2.24) is 30.2 Å². The van der Waals surface area contributed by atoms with Crippen LogP contribution in [0.2, 0.25) is 0 Å². The van der Waals surface area contributed by atoms with Gasteiger partial charge < -0.3 is 79.2 Å². The number of aliphatic hydroxyl groups excluding tert-OH is 3. The minimum Gasteiger partial charge on any atom is -0.790 e. The molecular weight excluding hydrogens is 843 g/mol. The number of carbonyl (C=O) groups excluding carboxylic acids is 3. The Hall–Kier alpha value is -2.87. The van der Waals surface area contributed by atoms with E-state index in [9.17, 15) is 57.9 Å². The number of aliphatic hydroxyl groups is 4. The summed E-state index contributed by atoms with van der Waals surface area (Å²) < 4.78 is 61.0. The maximum Gasteiger partial charge on any atom is 0.274 e. The van der Waals surface area contributed by atoms with Crippen LogP contribution >= 0.6 is 23.5 Å². The number of ketones is 1. The van der Waals surface area contributed by atoms with Crippen molar-refractivity contribution in [3.63, 3.8) is 0 Å². The molecule has 0 radical (unpaired) electrons. The van der Waals surface area contributed by atoms with E-state index in [1.165, 1.54) is 20.8 Å². The molecule has 1 aliphatic rings. The summed E-state index contributed by atoms with van der Waals surface area (Å²) in [5.41, 5.74) is 1.97. The van der Waals surface area contributed by atoms with Crippen LogP contribution in [0.3, 0.4) is 0 Å². The molecule has 2 amide bonds. The summed E-state index contributed by atoms with van der Waals surface area (Å²) in [6.45, 7) is 0.989. The van der Waals surface area contributed by atoms with Gasteiger partial charge in [-0.1, -0.05) is 20.3 Å². The number of nitrogens with two attached hydrogens (primary N) is 1. The minimum atomic E-state index is -5.95. The first kappa shape index (κ1) is 49.5. The normalized spacial score (nSPS) is 22.7. The van der Waals surface area contributed by atoms with E-state index >= 15 is 0 Å². The third-order valence-electron chi connectivity index (χ3n) is 8.68. The molecule has 3 heterocycles. The van der Waals surface area contributed by atoms with Crippen molar-refractivity contribution in [3.05, 3.63) is 12.7 Å². The van der Waals surface area contributed by atoms with Gasteiger partial charge in [0.2, 0.25) is 11.8 Å². The Morgan fingerprint density at radius 2 is 1.64 bits per heavy atom. The second kappa shape index (κ2) is 20.6. The summed E-state index contributed by atoms with van der Waals surface area (Å²) in [7, 11) is -17.7. The molecule has 58 heavy (non-hydrogen) atoms. The molecule has 0 saturated carbocycles. The van der Waals surface area contributed by atoms with Crippen molar-refractivity contribution in [1.29, 1.82) is 0 Å². The number of phosphoric acid groups is 3. The number of fused-ring (bicyclic) bond motifs is 1. The molecule has 0 aromatic carbocycles. The number of unbranched alkanes of at least 4 members (excludes halogenated alkanes) is 2. The second-order valence-electron chi connectivity index (χ2n) is 13.9. The number of aromatic nitrogens is 4. The van der Waals surface area contributed by atoms with E-state index in [1.54, 1.807) is 0 Å². The molecule has 0 aliphatic carbocycles. The standard InChI is InChI=1S/C29H50N7O19P3/c1-28(2,24(42)27(43)32-12-10-19(38)31-11-9-17(37)7-5-4-6-8-20(39)40)14-52-58(49,50)55-57(47,48)51-13-18-22(54-56(44,45)46)23(41)29(3,53-18)36-16-35-21-25(30)33-15-34-26(21)36/h15-16,18,20,22-24,39-42H,4-14H2,1-3H3,(H,31,38)(H,32,43)(H,47,48)(H,49,50)(H2,30,33,34)(H2,44,45,46)/p-4. The number of hydrogen-bond acceptors (Lipinski definition) is 23. The summed E-state index contributed by atoms with van der Waals surface area (Å²) in [5, 5.41) is 44.0. The largest absolute Gasteiger partial charge is 0.790 e. The lowest BCUT2D eigenvalue weighted by molar-refractivity contribution is -0.347. The molecular formula is C29H46N7O19P3-4. The highest BCUT2D eigenvalue weighted by atomic mass is 31.3. The zero-order chi connectivity index (χ0) is 43.7. The first-order chi connectivity index (χ1) is 26.8. The quantitative estimate of drug-likeness (QED) is 0.0286. The van der Waals surface area contributed by atoms with Gasteiger partial charge in [0.15, 0.2) is 23.5 Å². The molecule has 1 aliphatic heterocycles. The summed E-state index contributed by atoms with van der Waals surface area (Å²) in [5.74, 6) is -1.76. The van der Waals surface area contributed by atoms with Crippen LogP contribution in [0.1, 0.15) is 65.7 Å². The number of carbonyl (C=O) groups is 3. The highest BCUT2D eigenvalue weighted by Crippen LogP contribution is 2.56. The molecule has 0 bridgehead atoms. The van der Waals surface area contributed by atoms with Gasteiger partial charge in [-0.15, -0.1) is 0 Å². The molecule has 2 aromatic rings. The zero-order valence-corrected chi connectivity index (χ0v) is 34.1. The van der Waals surface area contributed by atoms with E-state index in [4.69, 9.17) is 20.7 Å².